The van der Waals surface area contributed by atoms with Crippen molar-refractivity contribution in [2.75, 3.05) is 19.5 Å². The molecule has 6 heteroatoms. The average molecular weight is 393 g/mol. The van der Waals surface area contributed by atoms with E-state index in [4.69, 9.17) is 9.47 Å². The number of aryl methyl sites for hydroxylation is 2. The Labute approximate surface area is 172 Å². The largest absolute Gasteiger partial charge is 0.493 e. The van der Waals surface area contributed by atoms with Gasteiger partial charge in [-0.25, -0.2) is 0 Å². The molecular formula is C23H27N3O3. The van der Waals surface area contributed by atoms with Crippen LogP contribution in [-0.4, -0.2) is 20.1 Å². The van der Waals surface area contributed by atoms with E-state index in [-0.39, 0.29) is 11.6 Å². The molecule has 0 fully saturated rings. The molecule has 0 aliphatic carbocycles. The molecule has 0 aliphatic heterocycles. The van der Waals surface area contributed by atoms with Gasteiger partial charge < -0.3 is 20.1 Å². The molecule has 0 aliphatic rings. The zero-order valence-corrected chi connectivity index (χ0v) is 17.5. The van der Waals surface area contributed by atoms with Gasteiger partial charge in [0.1, 0.15) is 11.6 Å². The molecule has 0 saturated heterocycles. The Morgan fingerprint density at radius 3 is 2.55 bits per heavy atom. The van der Waals surface area contributed by atoms with E-state index in [0.717, 1.165) is 28.8 Å². The molecule has 0 spiro atoms. The Hall–Kier alpha value is -3.46. The Bertz CT molecular complexity index is 945. The molecule has 1 unspecified atom stereocenters. The molecule has 152 valence electrons. The van der Waals surface area contributed by atoms with Crippen molar-refractivity contribution < 1.29 is 14.3 Å². The van der Waals surface area contributed by atoms with Gasteiger partial charge in [-0.1, -0.05) is 31.2 Å². The third kappa shape index (κ3) is 5.29. The zero-order valence-electron chi connectivity index (χ0n) is 17.5. The highest BCUT2D eigenvalue weighted by atomic mass is 16.5. The Balaban J connectivity index is 2.16. The lowest BCUT2D eigenvalue weighted by atomic mass is 10.1. The fourth-order valence-corrected chi connectivity index (χ4v) is 3.00. The van der Waals surface area contributed by atoms with Crippen LogP contribution in [0.15, 0.2) is 48.2 Å². The topological polar surface area (TPSA) is 83.4 Å². The number of anilines is 1. The van der Waals surface area contributed by atoms with Gasteiger partial charge in [-0.05, 0) is 49.1 Å². The van der Waals surface area contributed by atoms with Gasteiger partial charge in [0.2, 0.25) is 0 Å². The lowest BCUT2D eigenvalue weighted by Gasteiger charge is -2.16. The maximum absolute atomic E-state index is 12.6. The number of ether oxygens (including phenoxy) is 2. The first-order valence-corrected chi connectivity index (χ1v) is 9.43. The first kappa shape index (κ1) is 21.8. The minimum atomic E-state index is -0.450. The van der Waals surface area contributed by atoms with E-state index >= 15 is 0 Å². The standard InChI is InChI=1S/C23H27N3O3/c1-6-17-9-7-8-15(2)22(17)25-14-19(13-24)23(27)26-16(3)18-10-11-20(28-4)21(12-18)29-5/h7-12,14,16,25H,6H2,1-5H3,(H,26,27)/b19-14-. The van der Waals surface area contributed by atoms with Crippen LogP contribution < -0.4 is 20.1 Å². The van der Waals surface area contributed by atoms with Crippen molar-refractivity contribution in [1.29, 1.82) is 5.26 Å². The number of carbonyl (C=O) groups is 1. The first-order valence-electron chi connectivity index (χ1n) is 9.43. The van der Waals surface area contributed by atoms with Gasteiger partial charge in [0.25, 0.3) is 5.91 Å². The Kier molecular flexibility index (Phi) is 7.67. The van der Waals surface area contributed by atoms with Crippen molar-refractivity contribution in [2.45, 2.75) is 33.2 Å². The zero-order chi connectivity index (χ0) is 21.4. The smallest absolute Gasteiger partial charge is 0.263 e. The average Bonchev–Trinajstić information content (AvgIpc) is 2.74. The maximum Gasteiger partial charge on any atom is 0.263 e. The lowest BCUT2D eigenvalue weighted by Crippen LogP contribution is -2.28. The van der Waals surface area contributed by atoms with Crippen LogP contribution in [0.3, 0.4) is 0 Å². The highest BCUT2D eigenvalue weighted by Crippen LogP contribution is 2.30. The van der Waals surface area contributed by atoms with Crippen molar-refractivity contribution >= 4 is 11.6 Å². The number of benzene rings is 2. The third-order valence-electron chi connectivity index (χ3n) is 4.72. The fourth-order valence-electron chi connectivity index (χ4n) is 3.00. The fraction of sp³-hybridized carbons (Fsp3) is 0.304. The van der Waals surface area contributed by atoms with Crippen molar-refractivity contribution in [3.05, 3.63) is 64.9 Å². The molecule has 2 aromatic rings. The van der Waals surface area contributed by atoms with E-state index in [9.17, 15) is 10.1 Å². The van der Waals surface area contributed by atoms with Crippen LogP contribution in [0.2, 0.25) is 0 Å². The number of nitrogens with zero attached hydrogens (tertiary/aromatic N) is 1. The second-order valence-corrected chi connectivity index (χ2v) is 6.59. The minimum Gasteiger partial charge on any atom is -0.493 e. The summed E-state index contributed by atoms with van der Waals surface area (Å²) < 4.78 is 10.5. The number of methoxy groups -OCH3 is 2. The maximum atomic E-state index is 12.6. The Morgan fingerprint density at radius 1 is 1.21 bits per heavy atom. The van der Waals surface area contributed by atoms with Crippen LogP contribution in [-0.2, 0) is 11.2 Å². The van der Waals surface area contributed by atoms with Crippen molar-refractivity contribution in [3.63, 3.8) is 0 Å². The summed E-state index contributed by atoms with van der Waals surface area (Å²) in [6, 6.07) is 13.1. The highest BCUT2D eigenvalue weighted by Gasteiger charge is 2.16. The minimum absolute atomic E-state index is 0.00244. The number of amides is 1. The second-order valence-electron chi connectivity index (χ2n) is 6.59. The summed E-state index contributed by atoms with van der Waals surface area (Å²) in [7, 11) is 3.13. The molecule has 2 rings (SSSR count). The Morgan fingerprint density at radius 2 is 1.93 bits per heavy atom. The molecule has 0 saturated carbocycles. The molecular weight excluding hydrogens is 366 g/mol. The lowest BCUT2D eigenvalue weighted by molar-refractivity contribution is -0.117. The van der Waals surface area contributed by atoms with Crippen molar-refractivity contribution in [1.82, 2.24) is 5.32 Å². The predicted octanol–water partition coefficient (Wildman–Crippen LogP) is 4.27. The van der Waals surface area contributed by atoms with Gasteiger partial charge in [-0.15, -0.1) is 0 Å². The van der Waals surface area contributed by atoms with E-state index in [0.29, 0.717) is 11.5 Å². The van der Waals surface area contributed by atoms with Crippen LogP contribution in [0, 0.1) is 18.3 Å². The molecule has 1 atom stereocenters. The number of nitrogens with one attached hydrogen (secondary N) is 2. The molecule has 0 radical (unpaired) electrons. The summed E-state index contributed by atoms with van der Waals surface area (Å²) >= 11 is 0. The van der Waals surface area contributed by atoms with Gasteiger partial charge in [0.15, 0.2) is 11.5 Å². The number of para-hydroxylation sites is 1. The first-order chi connectivity index (χ1) is 13.9. The molecule has 2 aromatic carbocycles. The summed E-state index contributed by atoms with van der Waals surface area (Å²) in [5.74, 6) is 0.742. The predicted molar refractivity (Wildman–Crippen MR) is 114 cm³/mol. The summed E-state index contributed by atoms with van der Waals surface area (Å²) in [5.41, 5.74) is 3.94. The molecule has 29 heavy (non-hydrogen) atoms. The molecule has 2 N–H and O–H groups in total. The SMILES string of the molecule is CCc1cccc(C)c1N/C=C(/C#N)C(=O)NC(C)c1ccc(OC)c(OC)c1. The monoisotopic (exact) mass is 393 g/mol. The van der Waals surface area contributed by atoms with Crippen LogP contribution in [0.5, 0.6) is 11.5 Å². The summed E-state index contributed by atoms with van der Waals surface area (Å²) in [6.07, 6.45) is 2.31. The number of rotatable bonds is 8. The van der Waals surface area contributed by atoms with Crippen LogP contribution >= 0.6 is 0 Å². The number of carbonyl (C=O) groups excluding carboxylic acids is 1. The van der Waals surface area contributed by atoms with Gasteiger partial charge in [-0.2, -0.15) is 5.26 Å². The van der Waals surface area contributed by atoms with Gasteiger partial charge >= 0.3 is 0 Å². The highest BCUT2D eigenvalue weighted by molar-refractivity contribution is 5.97. The van der Waals surface area contributed by atoms with Crippen molar-refractivity contribution in [3.8, 4) is 17.6 Å². The third-order valence-corrected chi connectivity index (χ3v) is 4.72. The molecule has 0 aromatic heterocycles. The van der Waals surface area contributed by atoms with Gasteiger partial charge in [0.05, 0.1) is 20.3 Å². The normalized spacial score (nSPS) is 11.9. The molecule has 6 nitrogen and oxygen atoms in total. The molecule has 0 heterocycles. The van der Waals surface area contributed by atoms with Crippen LogP contribution in [0.1, 0.15) is 36.6 Å². The van der Waals surface area contributed by atoms with Crippen LogP contribution in [0.4, 0.5) is 5.69 Å². The van der Waals surface area contributed by atoms with E-state index in [2.05, 4.69) is 17.6 Å². The quantitative estimate of drug-likeness (QED) is 0.517. The summed E-state index contributed by atoms with van der Waals surface area (Å²) in [6.45, 7) is 5.89. The van der Waals surface area contributed by atoms with E-state index in [1.807, 2.05) is 44.2 Å². The second kappa shape index (κ2) is 10.2. The van der Waals surface area contributed by atoms with Gasteiger partial charge in [0, 0.05) is 11.9 Å². The van der Waals surface area contributed by atoms with E-state index < -0.39 is 5.91 Å². The summed E-state index contributed by atoms with van der Waals surface area (Å²) in [5, 5.41) is 15.4. The molecule has 0 bridgehead atoms. The number of nitriles is 1. The molecule has 1 amide bonds. The van der Waals surface area contributed by atoms with Crippen LogP contribution in [0.25, 0.3) is 0 Å². The van der Waals surface area contributed by atoms with Crippen molar-refractivity contribution in [2.24, 2.45) is 0 Å². The summed E-state index contributed by atoms with van der Waals surface area (Å²) in [4.78, 5) is 12.6. The van der Waals surface area contributed by atoms with E-state index in [1.165, 1.54) is 6.20 Å². The number of hydrogen-bond donors (Lipinski definition) is 2. The number of hydrogen-bond acceptors (Lipinski definition) is 5. The van der Waals surface area contributed by atoms with Gasteiger partial charge in [-0.3, -0.25) is 4.79 Å². The van der Waals surface area contributed by atoms with E-state index in [1.54, 1.807) is 26.4 Å².